The van der Waals surface area contributed by atoms with Gasteiger partial charge >= 0.3 is 0 Å². The Labute approximate surface area is 87.8 Å². The minimum Gasteiger partial charge on any atom is -0.351 e. The number of rotatable bonds is 0. The van der Waals surface area contributed by atoms with Gasteiger partial charge in [-0.1, -0.05) is 23.2 Å². The van der Waals surface area contributed by atoms with Crippen molar-refractivity contribution in [3.63, 3.8) is 0 Å². The Morgan fingerprint density at radius 1 is 1.00 bits per heavy atom. The van der Waals surface area contributed by atoms with Crippen LogP contribution in [-0.2, 0) is 0 Å². The fourth-order valence-electron chi connectivity index (χ4n) is 0.934. The van der Waals surface area contributed by atoms with Crippen molar-refractivity contribution in [2.24, 2.45) is 0 Å². The molecule has 0 unspecified atom stereocenters. The first-order chi connectivity index (χ1) is 6.30. The second-order valence-corrected chi connectivity index (χ2v) is 3.42. The van der Waals surface area contributed by atoms with Crippen molar-refractivity contribution in [2.75, 3.05) is 26.2 Å². The van der Waals surface area contributed by atoms with E-state index in [1.165, 1.54) is 0 Å². The van der Waals surface area contributed by atoms with E-state index in [0.717, 1.165) is 26.2 Å². The van der Waals surface area contributed by atoms with Crippen molar-refractivity contribution < 1.29 is 0 Å². The highest BCUT2D eigenvalue weighted by Crippen LogP contribution is 2.17. The van der Waals surface area contributed by atoms with Crippen LogP contribution in [0.3, 0.4) is 0 Å². The van der Waals surface area contributed by atoms with E-state index in [1.807, 2.05) is 0 Å². The molecule has 13 heavy (non-hydrogen) atoms. The van der Waals surface area contributed by atoms with E-state index in [2.05, 4.69) is 15.6 Å². The summed E-state index contributed by atoms with van der Waals surface area (Å²) in [7, 11) is 0. The molecule has 0 radical (unpaired) electrons. The predicted molar refractivity (Wildman–Crippen MR) is 56.6 cm³/mol. The molecule has 2 heterocycles. The number of H-pyrrole nitrogens is 1. The molecule has 74 valence electrons. The van der Waals surface area contributed by atoms with Gasteiger partial charge in [0.1, 0.15) is 5.15 Å². The van der Waals surface area contributed by atoms with Gasteiger partial charge < -0.3 is 15.6 Å². The van der Waals surface area contributed by atoms with Crippen molar-refractivity contribution in [3.05, 3.63) is 22.4 Å². The molecule has 1 saturated heterocycles. The molecule has 2 rings (SSSR count). The molecule has 1 aromatic rings. The van der Waals surface area contributed by atoms with E-state index in [4.69, 9.17) is 23.2 Å². The fraction of sp³-hybridized carbons (Fsp3) is 0.500. The third-order valence-electron chi connectivity index (χ3n) is 1.61. The summed E-state index contributed by atoms with van der Waals surface area (Å²) in [6.07, 6.45) is 1.69. The molecule has 0 aromatic carbocycles. The lowest BCUT2D eigenvalue weighted by molar-refractivity contribution is 0.534. The van der Waals surface area contributed by atoms with Gasteiger partial charge in [-0.15, -0.1) is 0 Å². The first-order valence-electron chi connectivity index (χ1n) is 4.20. The van der Waals surface area contributed by atoms with Crippen LogP contribution in [0, 0.1) is 0 Å². The van der Waals surface area contributed by atoms with Gasteiger partial charge in [0.05, 0.1) is 5.02 Å². The maximum Gasteiger partial charge on any atom is 0.125 e. The predicted octanol–water partition coefficient (Wildman–Crippen LogP) is 1.50. The Hall–Kier alpha value is -0.220. The highest BCUT2D eigenvalue weighted by atomic mass is 35.5. The van der Waals surface area contributed by atoms with Crippen molar-refractivity contribution in [2.45, 2.75) is 0 Å². The average Bonchev–Trinajstić information content (AvgIpc) is 2.55. The van der Waals surface area contributed by atoms with Crippen LogP contribution in [0.4, 0.5) is 0 Å². The van der Waals surface area contributed by atoms with Gasteiger partial charge in [-0.3, -0.25) is 0 Å². The summed E-state index contributed by atoms with van der Waals surface area (Å²) in [6.45, 7) is 4.56. The summed E-state index contributed by atoms with van der Waals surface area (Å²) < 4.78 is 0. The van der Waals surface area contributed by atoms with E-state index < -0.39 is 0 Å². The number of aromatic amines is 1. The van der Waals surface area contributed by atoms with Gasteiger partial charge in [0.15, 0.2) is 0 Å². The molecule has 0 atom stereocenters. The largest absolute Gasteiger partial charge is 0.351 e. The molecular weight excluding hydrogens is 209 g/mol. The summed E-state index contributed by atoms with van der Waals surface area (Å²) in [5, 5.41) is 7.52. The second kappa shape index (κ2) is 6.27. The van der Waals surface area contributed by atoms with Gasteiger partial charge in [-0.05, 0) is 6.07 Å². The molecule has 5 heteroatoms. The summed E-state index contributed by atoms with van der Waals surface area (Å²) >= 11 is 10.9. The molecule has 0 bridgehead atoms. The molecule has 1 aliphatic heterocycles. The summed E-state index contributed by atoms with van der Waals surface area (Å²) in [5.41, 5.74) is 0. The summed E-state index contributed by atoms with van der Waals surface area (Å²) in [5.74, 6) is 0. The third kappa shape index (κ3) is 4.52. The third-order valence-corrected chi connectivity index (χ3v) is 2.33. The van der Waals surface area contributed by atoms with Crippen LogP contribution in [0.15, 0.2) is 12.3 Å². The van der Waals surface area contributed by atoms with Gasteiger partial charge in [0, 0.05) is 32.4 Å². The molecule has 1 aliphatic rings. The average molecular weight is 222 g/mol. The van der Waals surface area contributed by atoms with Crippen LogP contribution in [0.1, 0.15) is 0 Å². The molecular formula is C8H13Cl2N3. The lowest BCUT2D eigenvalue weighted by atomic mass is 10.4. The van der Waals surface area contributed by atoms with Crippen LogP contribution in [0.5, 0.6) is 0 Å². The Kier molecular flexibility index (Phi) is 5.23. The first kappa shape index (κ1) is 10.9. The highest BCUT2D eigenvalue weighted by Gasteiger charge is 1.92. The van der Waals surface area contributed by atoms with Gasteiger partial charge in [-0.2, -0.15) is 0 Å². The summed E-state index contributed by atoms with van der Waals surface area (Å²) in [6, 6.07) is 1.70. The molecule has 3 N–H and O–H groups in total. The fourth-order valence-corrected chi connectivity index (χ4v) is 1.18. The van der Waals surface area contributed by atoms with E-state index in [9.17, 15) is 0 Å². The minimum absolute atomic E-state index is 0.502. The number of hydrogen-bond donors (Lipinski definition) is 3. The Balaban J connectivity index is 0.000000132. The zero-order chi connectivity index (χ0) is 9.52. The van der Waals surface area contributed by atoms with Gasteiger partial charge in [-0.25, -0.2) is 0 Å². The molecule has 0 aliphatic carbocycles. The van der Waals surface area contributed by atoms with Crippen LogP contribution in [0.2, 0.25) is 10.2 Å². The number of halogens is 2. The molecule has 0 spiro atoms. The topological polar surface area (TPSA) is 39.8 Å². The zero-order valence-corrected chi connectivity index (χ0v) is 8.75. The number of piperazine rings is 1. The number of nitrogens with one attached hydrogen (secondary N) is 3. The molecule has 0 amide bonds. The highest BCUT2D eigenvalue weighted by molar-refractivity contribution is 6.41. The van der Waals surface area contributed by atoms with Crippen LogP contribution >= 0.6 is 23.2 Å². The van der Waals surface area contributed by atoms with Crippen molar-refractivity contribution in [1.29, 1.82) is 0 Å². The van der Waals surface area contributed by atoms with Crippen LogP contribution in [-0.4, -0.2) is 31.2 Å². The lowest BCUT2D eigenvalue weighted by Crippen LogP contribution is -2.39. The molecule has 3 nitrogen and oxygen atoms in total. The maximum absolute atomic E-state index is 5.46. The van der Waals surface area contributed by atoms with Crippen molar-refractivity contribution in [1.82, 2.24) is 15.6 Å². The molecule has 0 saturated carbocycles. The normalized spacial score (nSPS) is 16.2. The zero-order valence-electron chi connectivity index (χ0n) is 7.24. The SMILES string of the molecule is C1CNCCN1.Clc1cc[nH]c1Cl. The molecule has 1 aromatic heterocycles. The first-order valence-corrected chi connectivity index (χ1v) is 4.96. The smallest absolute Gasteiger partial charge is 0.125 e. The monoisotopic (exact) mass is 221 g/mol. The van der Waals surface area contributed by atoms with E-state index in [-0.39, 0.29) is 0 Å². The van der Waals surface area contributed by atoms with Gasteiger partial charge in [0.2, 0.25) is 0 Å². The van der Waals surface area contributed by atoms with Crippen LogP contribution < -0.4 is 10.6 Å². The minimum atomic E-state index is 0.502. The van der Waals surface area contributed by atoms with E-state index in [1.54, 1.807) is 12.3 Å². The van der Waals surface area contributed by atoms with Crippen molar-refractivity contribution >= 4 is 23.2 Å². The number of hydrogen-bond acceptors (Lipinski definition) is 2. The Bertz CT molecular complexity index is 205. The quantitative estimate of drug-likeness (QED) is 0.622. The van der Waals surface area contributed by atoms with E-state index >= 15 is 0 Å². The second-order valence-electron chi connectivity index (χ2n) is 2.64. The van der Waals surface area contributed by atoms with Gasteiger partial charge in [0.25, 0.3) is 0 Å². The standard InChI is InChI=1S/C4H3Cl2N.C4H10N2/c5-3-1-2-7-4(3)6;1-2-6-4-3-5-1/h1-2,7H;5-6H,1-4H2. The summed E-state index contributed by atoms with van der Waals surface area (Å²) in [4.78, 5) is 2.70. The maximum atomic E-state index is 5.46. The molecule has 1 fully saturated rings. The lowest BCUT2D eigenvalue weighted by Gasteiger charge is -2.11. The van der Waals surface area contributed by atoms with Crippen molar-refractivity contribution in [3.8, 4) is 0 Å². The van der Waals surface area contributed by atoms with Crippen LogP contribution in [0.25, 0.3) is 0 Å². The van der Waals surface area contributed by atoms with E-state index in [0.29, 0.717) is 10.2 Å². The Morgan fingerprint density at radius 2 is 1.54 bits per heavy atom. The Morgan fingerprint density at radius 3 is 1.69 bits per heavy atom. The number of aromatic nitrogens is 1.